The second-order valence-electron chi connectivity index (χ2n) is 6.40. The Balaban J connectivity index is 1.92. The predicted molar refractivity (Wildman–Crippen MR) is 108 cm³/mol. The van der Waals surface area contributed by atoms with Gasteiger partial charge in [0.2, 0.25) is 5.95 Å². The van der Waals surface area contributed by atoms with Gasteiger partial charge in [-0.3, -0.25) is 4.79 Å². The minimum atomic E-state index is -0.714. The fourth-order valence-corrected chi connectivity index (χ4v) is 3.26. The number of aromatic nitrogens is 3. The van der Waals surface area contributed by atoms with Crippen molar-refractivity contribution in [2.45, 2.75) is 5.92 Å². The molecule has 0 aliphatic rings. The lowest BCUT2D eigenvalue weighted by atomic mass is 9.93. The monoisotopic (exact) mass is 373 g/mol. The van der Waals surface area contributed by atoms with Crippen molar-refractivity contribution < 1.29 is 9.53 Å². The van der Waals surface area contributed by atoms with Gasteiger partial charge in [0.15, 0.2) is 0 Å². The Morgan fingerprint density at radius 1 is 1.04 bits per heavy atom. The summed E-state index contributed by atoms with van der Waals surface area (Å²) in [6.07, 6.45) is 0. The van der Waals surface area contributed by atoms with E-state index in [9.17, 15) is 4.79 Å². The Labute approximate surface area is 161 Å². The number of esters is 1. The number of anilines is 2. The number of ether oxygens (including phenoxy) is 1. The molecule has 0 saturated carbocycles. The van der Waals surface area contributed by atoms with E-state index >= 15 is 0 Å². The van der Waals surface area contributed by atoms with Crippen molar-refractivity contribution in [1.82, 2.24) is 15.0 Å². The summed E-state index contributed by atoms with van der Waals surface area (Å²) in [7, 11) is 1.36. The van der Waals surface area contributed by atoms with Crippen LogP contribution in [0.2, 0.25) is 0 Å². The number of nitrogens with zero attached hydrogens (tertiary/aromatic N) is 2. The molecular weight excluding hydrogens is 354 g/mol. The van der Waals surface area contributed by atoms with Crippen molar-refractivity contribution in [3.8, 4) is 11.3 Å². The zero-order chi connectivity index (χ0) is 19.7. The lowest BCUT2D eigenvalue weighted by molar-refractivity contribution is -0.141. The van der Waals surface area contributed by atoms with E-state index < -0.39 is 11.9 Å². The largest absolute Gasteiger partial charge is 0.468 e. The second kappa shape index (κ2) is 7.03. The number of hydrogen-bond donors (Lipinski definition) is 3. The van der Waals surface area contributed by atoms with Crippen molar-refractivity contribution >= 4 is 28.6 Å². The SMILES string of the molecule is COC(=O)C(c1ccccc1)c1nc(N)nc2[nH]c(-c3ccc(N)cc3)cc12. The van der Waals surface area contributed by atoms with Crippen LogP contribution in [-0.4, -0.2) is 28.0 Å². The first-order chi connectivity index (χ1) is 13.6. The van der Waals surface area contributed by atoms with Gasteiger partial charge in [0.25, 0.3) is 0 Å². The average molecular weight is 373 g/mol. The normalized spacial score (nSPS) is 12.0. The van der Waals surface area contributed by atoms with Gasteiger partial charge in [-0.25, -0.2) is 4.98 Å². The van der Waals surface area contributed by atoms with E-state index in [4.69, 9.17) is 16.2 Å². The molecule has 0 fully saturated rings. The number of nitrogen functional groups attached to an aromatic ring is 2. The second-order valence-corrected chi connectivity index (χ2v) is 6.40. The summed E-state index contributed by atoms with van der Waals surface area (Å²) in [6, 6.07) is 18.7. The van der Waals surface area contributed by atoms with Crippen LogP contribution >= 0.6 is 0 Å². The molecule has 0 radical (unpaired) electrons. The van der Waals surface area contributed by atoms with Gasteiger partial charge in [-0.15, -0.1) is 0 Å². The molecular formula is C21H19N5O2. The first kappa shape index (κ1) is 17.5. The molecule has 28 heavy (non-hydrogen) atoms. The van der Waals surface area contributed by atoms with Crippen molar-refractivity contribution in [1.29, 1.82) is 0 Å². The molecule has 140 valence electrons. The predicted octanol–water partition coefficient (Wildman–Crippen LogP) is 3.09. The molecule has 7 nitrogen and oxygen atoms in total. The number of benzene rings is 2. The van der Waals surface area contributed by atoms with E-state index in [1.807, 2.05) is 60.7 Å². The van der Waals surface area contributed by atoms with Gasteiger partial charge in [-0.05, 0) is 29.3 Å². The maximum atomic E-state index is 12.6. The van der Waals surface area contributed by atoms with E-state index in [0.29, 0.717) is 22.4 Å². The highest BCUT2D eigenvalue weighted by Gasteiger charge is 2.28. The van der Waals surface area contributed by atoms with E-state index in [1.54, 1.807) is 0 Å². The summed E-state index contributed by atoms with van der Waals surface area (Å²) < 4.78 is 5.05. The van der Waals surface area contributed by atoms with Crippen LogP contribution in [0.3, 0.4) is 0 Å². The van der Waals surface area contributed by atoms with Crippen LogP contribution in [-0.2, 0) is 9.53 Å². The molecule has 7 heteroatoms. The summed E-state index contributed by atoms with van der Waals surface area (Å²) >= 11 is 0. The standard InChI is InChI=1S/C21H19N5O2/c1-28-20(27)17(13-5-3-2-4-6-13)18-15-11-16(12-7-9-14(22)10-8-12)24-19(15)26-21(23)25-18/h2-11,17H,22H2,1H3,(H3,23,24,25,26). The molecule has 2 aromatic heterocycles. The molecule has 0 aliphatic carbocycles. The minimum absolute atomic E-state index is 0.0815. The molecule has 0 aliphatic heterocycles. The van der Waals surface area contributed by atoms with E-state index in [0.717, 1.165) is 16.8 Å². The minimum Gasteiger partial charge on any atom is -0.468 e. The number of nitrogens with one attached hydrogen (secondary N) is 1. The lowest BCUT2D eigenvalue weighted by Crippen LogP contribution is -2.18. The molecule has 1 atom stereocenters. The number of H-pyrrole nitrogens is 1. The highest BCUT2D eigenvalue weighted by Crippen LogP contribution is 2.33. The fraction of sp³-hybridized carbons (Fsp3) is 0.0952. The third kappa shape index (κ3) is 3.14. The zero-order valence-corrected chi connectivity index (χ0v) is 15.2. The van der Waals surface area contributed by atoms with Crippen LogP contribution < -0.4 is 11.5 Å². The summed E-state index contributed by atoms with van der Waals surface area (Å²) in [5, 5.41) is 0.709. The van der Waals surface area contributed by atoms with Crippen LogP contribution in [0.4, 0.5) is 11.6 Å². The van der Waals surface area contributed by atoms with E-state index in [2.05, 4.69) is 15.0 Å². The summed E-state index contributed by atoms with van der Waals surface area (Å²) in [5.74, 6) is -1.05. The molecule has 0 bridgehead atoms. The van der Waals surface area contributed by atoms with Gasteiger partial charge in [-0.2, -0.15) is 4.98 Å². The van der Waals surface area contributed by atoms with Gasteiger partial charge in [-0.1, -0.05) is 42.5 Å². The number of methoxy groups -OCH3 is 1. The van der Waals surface area contributed by atoms with Gasteiger partial charge in [0.05, 0.1) is 12.8 Å². The lowest BCUT2D eigenvalue weighted by Gasteiger charge is -2.15. The number of hydrogen-bond acceptors (Lipinski definition) is 6. The average Bonchev–Trinajstić information content (AvgIpc) is 3.13. The Morgan fingerprint density at radius 2 is 1.75 bits per heavy atom. The number of aromatic amines is 1. The van der Waals surface area contributed by atoms with Crippen molar-refractivity contribution in [2.24, 2.45) is 0 Å². The Morgan fingerprint density at radius 3 is 2.43 bits per heavy atom. The van der Waals surface area contributed by atoms with Crippen LogP contribution in [0.15, 0.2) is 60.7 Å². The van der Waals surface area contributed by atoms with E-state index in [-0.39, 0.29) is 5.95 Å². The fourth-order valence-electron chi connectivity index (χ4n) is 3.26. The Kier molecular flexibility index (Phi) is 4.41. The highest BCUT2D eigenvalue weighted by molar-refractivity contribution is 5.92. The van der Waals surface area contributed by atoms with E-state index in [1.165, 1.54) is 7.11 Å². The summed E-state index contributed by atoms with van der Waals surface area (Å²) in [5.41, 5.74) is 16.0. The Hall–Kier alpha value is -3.87. The van der Waals surface area contributed by atoms with Gasteiger partial charge in [0, 0.05) is 16.8 Å². The quantitative estimate of drug-likeness (QED) is 0.373. The molecule has 2 heterocycles. The number of rotatable bonds is 4. The molecule has 5 N–H and O–H groups in total. The topological polar surface area (TPSA) is 120 Å². The third-order valence-electron chi connectivity index (χ3n) is 4.60. The number of carbonyl (C=O) groups is 1. The highest BCUT2D eigenvalue weighted by atomic mass is 16.5. The van der Waals surface area contributed by atoms with Gasteiger partial charge < -0.3 is 21.2 Å². The van der Waals surface area contributed by atoms with Crippen LogP contribution in [0.25, 0.3) is 22.3 Å². The summed E-state index contributed by atoms with van der Waals surface area (Å²) in [6.45, 7) is 0. The van der Waals surface area contributed by atoms with Crippen molar-refractivity contribution in [2.75, 3.05) is 18.6 Å². The van der Waals surface area contributed by atoms with Gasteiger partial charge >= 0.3 is 5.97 Å². The number of fused-ring (bicyclic) bond motifs is 1. The van der Waals surface area contributed by atoms with Crippen LogP contribution in [0.5, 0.6) is 0 Å². The molecule has 0 spiro atoms. The third-order valence-corrected chi connectivity index (χ3v) is 4.60. The maximum Gasteiger partial charge on any atom is 0.319 e. The van der Waals surface area contributed by atoms with Gasteiger partial charge in [0.1, 0.15) is 11.6 Å². The van der Waals surface area contributed by atoms with Crippen LogP contribution in [0, 0.1) is 0 Å². The first-order valence-corrected chi connectivity index (χ1v) is 8.71. The zero-order valence-electron chi connectivity index (χ0n) is 15.2. The molecule has 1 unspecified atom stereocenters. The van der Waals surface area contributed by atoms with Crippen molar-refractivity contribution in [3.05, 3.63) is 71.9 Å². The molecule has 4 rings (SSSR count). The first-order valence-electron chi connectivity index (χ1n) is 8.71. The molecule has 4 aromatic rings. The maximum absolute atomic E-state index is 12.6. The number of carbonyl (C=O) groups excluding carboxylic acids is 1. The smallest absolute Gasteiger partial charge is 0.319 e. The van der Waals surface area contributed by atoms with Crippen molar-refractivity contribution in [3.63, 3.8) is 0 Å². The molecule has 2 aromatic carbocycles. The molecule has 0 amide bonds. The Bertz CT molecular complexity index is 1140. The number of nitrogens with two attached hydrogens (primary N) is 2. The summed E-state index contributed by atoms with van der Waals surface area (Å²) in [4.78, 5) is 24.6. The van der Waals surface area contributed by atoms with Crippen LogP contribution in [0.1, 0.15) is 17.2 Å². The molecule has 0 saturated heterocycles.